The Morgan fingerprint density at radius 3 is 2.45 bits per heavy atom. The maximum absolute atomic E-state index is 12.8. The number of nitrogen functional groups attached to an aromatic ring is 1. The quantitative estimate of drug-likeness (QED) is 0.146. The molecule has 0 aliphatic carbocycles. The third kappa shape index (κ3) is 8.79. The number of nitrogens with one attached hydrogen (secondary N) is 1. The Kier molecular flexibility index (Phi) is 10.9. The predicted molar refractivity (Wildman–Crippen MR) is 149 cm³/mol. The molecule has 1 aromatic heterocycles. The van der Waals surface area contributed by atoms with Crippen molar-refractivity contribution in [3.05, 3.63) is 35.0 Å². The first-order valence-electron chi connectivity index (χ1n) is 12.1. The maximum Gasteiger partial charge on any atom is 0.346 e. The average molecular weight is 597 g/mol. The van der Waals surface area contributed by atoms with Gasteiger partial charge >= 0.3 is 5.97 Å². The molecule has 40 heavy (non-hydrogen) atoms. The average Bonchev–Trinajstić information content (AvgIpc) is 3.27. The molecule has 3 heterocycles. The zero-order valence-electron chi connectivity index (χ0n) is 23.4. The van der Waals surface area contributed by atoms with Crippen molar-refractivity contribution in [3.63, 3.8) is 0 Å². The number of carboxylic acids is 1. The molecule has 2 atom stereocenters. The molecule has 0 unspecified atom stereocenters. The molecule has 2 aliphatic rings. The highest BCUT2D eigenvalue weighted by Gasteiger charge is 2.53. The Morgan fingerprint density at radius 1 is 1.35 bits per heavy atom. The zero-order valence-corrected chi connectivity index (χ0v) is 25.1. The summed E-state index contributed by atoms with van der Waals surface area (Å²) in [6.45, 7) is 14.1. The lowest BCUT2D eigenvalue weighted by atomic mass is 9.82. The Hall–Kier alpha value is -3.43. The number of carbonyl (C=O) groups excluding carboxylic acids is 4. The number of allylic oxidation sites excluding steroid dienone is 1. The van der Waals surface area contributed by atoms with E-state index >= 15 is 0 Å². The highest BCUT2D eigenvalue weighted by atomic mass is 32.2. The van der Waals surface area contributed by atoms with Gasteiger partial charge in [-0.25, -0.2) is 9.78 Å². The first-order valence-corrected chi connectivity index (χ1v) is 14.1. The molecule has 220 valence electrons. The van der Waals surface area contributed by atoms with Crippen molar-refractivity contribution in [3.8, 4) is 0 Å². The Labute approximate surface area is 241 Å². The largest absolute Gasteiger partial charge is 0.543 e. The minimum atomic E-state index is -1.50. The number of hydrogen-bond donors (Lipinski definition) is 3. The molecule has 15 heteroatoms. The summed E-state index contributed by atoms with van der Waals surface area (Å²) in [6, 6.07) is -1.01. The van der Waals surface area contributed by atoms with E-state index in [0.29, 0.717) is 11.0 Å². The number of hydrogen-bond acceptors (Lipinski definition) is 12. The molecular weight excluding hydrogens is 560 g/mol. The minimum Gasteiger partial charge on any atom is -0.543 e. The van der Waals surface area contributed by atoms with E-state index in [1.807, 2.05) is 0 Å². The predicted octanol–water partition coefficient (Wildman–Crippen LogP) is -0.348. The summed E-state index contributed by atoms with van der Waals surface area (Å²) in [7, 11) is 1.16. The molecule has 3 rings (SSSR count). The van der Waals surface area contributed by atoms with Crippen LogP contribution < -0.4 is 21.9 Å². The van der Waals surface area contributed by atoms with E-state index in [2.05, 4.69) is 67.1 Å². The number of nitrogens with two attached hydrogens (primary N) is 1. The number of rotatable bonds is 9. The standard InChI is InChI=1S/C17H17N5O7S2.C8H19N/c1-3-7-5-30-15-11(14(25)22(15)12(7)16(26)27)20-13(24)10(8-6-31-17(18)19-8)21-29-4-9(23)28-2;1-7(2,3)6-8(4,5)9/h3,6,11,15H,1,4-5H2,2H3,(H2,18,19)(H,20,24)(H,26,27);6,9H2,1-5H3/b21-10-;/t11-,15-;/m1./s1. The van der Waals surface area contributed by atoms with Crippen LogP contribution in [0.5, 0.6) is 0 Å². The van der Waals surface area contributed by atoms with Gasteiger partial charge in [-0.1, -0.05) is 38.6 Å². The number of thiazole rings is 1. The highest BCUT2D eigenvalue weighted by Crippen LogP contribution is 2.40. The van der Waals surface area contributed by atoms with Crippen LogP contribution in [0.2, 0.25) is 0 Å². The number of fused-ring (bicyclic) bond motifs is 1. The fourth-order valence-corrected chi connectivity index (χ4v) is 6.13. The second kappa shape index (κ2) is 13.3. The first kappa shape index (κ1) is 32.8. The number of quaternary nitrogens is 1. The summed E-state index contributed by atoms with van der Waals surface area (Å²) in [5.41, 5.74) is 10.2. The van der Waals surface area contributed by atoms with Crippen molar-refractivity contribution in [1.82, 2.24) is 15.2 Å². The molecule has 13 nitrogen and oxygen atoms in total. The number of oxime groups is 1. The lowest BCUT2D eigenvalue weighted by Crippen LogP contribution is -2.71. The second-order valence-corrected chi connectivity index (χ2v) is 13.0. The van der Waals surface area contributed by atoms with Crippen molar-refractivity contribution in [2.75, 3.05) is 25.2 Å². The van der Waals surface area contributed by atoms with Crippen LogP contribution in [0, 0.1) is 5.41 Å². The third-order valence-corrected chi connectivity index (χ3v) is 7.25. The van der Waals surface area contributed by atoms with Gasteiger partial charge in [-0.05, 0) is 24.8 Å². The second-order valence-electron chi connectivity index (χ2n) is 11.0. The Bertz CT molecular complexity index is 1200. The summed E-state index contributed by atoms with van der Waals surface area (Å²) in [5.74, 6) is -3.39. The van der Waals surface area contributed by atoms with E-state index in [4.69, 9.17) is 10.6 Å². The van der Waals surface area contributed by atoms with Gasteiger partial charge in [0.1, 0.15) is 17.1 Å². The summed E-state index contributed by atoms with van der Waals surface area (Å²) >= 11 is 2.31. The number of carboxylic acid groups (broad SMARTS) is 1. The van der Waals surface area contributed by atoms with Gasteiger partial charge < -0.3 is 36.3 Å². The van der Waals surface area contributed by atoms with Gasteiger partial charge in [0.2, 0.25) is 6.61 Å². The van der Waals surface area contributed by atoms with Crippen LogP contribution in [-0.4, -0.2) is 75.8 Å². The molecular formula is C25H36N6O7S2. The molecule has 1 fully saturated rings. The minimum absolute atomic E-state index is 0.0778. The maximum atomic E-state index is 12.8. The number of methoxy groups -OCH3 is 1. The number of aliphatic carboxylic acids is 1. The molecule has 1 saturated heterocycles. The third-order valence-electron chi connectivity index (χ3n) is 5.28. The molecule has 0 saturated carbocycles. The molecule has 0 spiro atoms. The molecule has 1 aromatic rings. The lowest BCUT2D eigenvalue weighted by molar-refractivity contribution is -0.470. The summed E-state index contributed by atoms with van der Waals surface area (Å²) in [4.78, 5) is 57.9. The summed E-state index contributed by atoms with van der Waals surface area (Å²) in [5, 5.41) is 18.6. The fraction of sp³-hybridized carbons (Fsp3) is 0.520. The van der Waals surface area contributed by atoms with Crippen LogP contribution in [-0.2, 0) is 28.8 Å². The number of nitrogens with zero attached hydrogens (tertiary/aromatic N) is 3. The van der Waals surface area contributed by atoms with Gasteiger partial charge in [0, 0.05) is 17.6 Å². The number of esters is 1. The Morgan fingerprint density at radius 2 is 2.00 bits per heavy atom. The highest BCUT2D eigenvalue weighted by molar-refractivity contribution is 8.00. The van der Waals surface area contributed by atoms with Gasteiger partial charge in [-0.3, -0.25) is 14.5 Å². The van der Waals surface area contributed by atoms with Crippen LogP contribution in [0.25, 0.3) is 0 Å². The van der Waals surface area contributed by atoms with Crippen molar-refractivity contribution >= 4 is 57.7 Å². The van der Waals surface area contributed by atoms with E-state index in [1.54, 1.807) is 0 Å². The van der Waals surface area contributed by atoms with Crippen LogP contribution in [0.1, 0.15) is 46.7 Å². The SMILES string of the molecule is C=CC1=C(C(=O)[O-])N2C(=O)[C@@H](NC(=O)/C(=N\OCC(=O)OC)c3csc(N)n3)[C@H]2SC1.CC(C)(C)CC(C)(C)[NH3+]. The van der Waals surface area contributed by atoms with Gasteiger partial charge in [0.15, 0.2) is 10.8 Å². The van der Waals surface area contributed by atoms with Crippen molar-refractivity contribution in [2.45, 2.75) is 58.0 Å². The molecule has 0 bridgehead atoms. The van der Waals surface area contributed by atoms with Crippen molar-refractivity contribution in [1.29, 1.82) is 0 Å². The van der Waals surface area contributed by atoms with Crippen LogP contribution in [0.15, 0.2) is 34.5 Å². The topological polar surface area (TPSA) is 204 Å². The summed E-state index contributed by atoms with van der Waals surface area (Å²) in [6.07, 6.45) is 2.53. The number of carbonyl (C=O) groups is 4. The monoisotopic (exact) mass is 596 g/mol. The number of aromatic nitrogens is 1. The van der Waals surface area contributed by atoms with Gasteiger partial charge in [0.25, 0.3) is 11.8 Å². The zero-order chi connectivity index (χ0) is 30.4. The number of thioether (sulfide) groups is 1. The molecule has 2 amide bonds. The lowest BCUT2D eigenvalue weighted by Gasteiger charge is -2.50. The number of amides is 2. The van der Waals surface area contributed by atoms with E-state index in [9.17, 15) is 24.3 Å². The van der Waals surface area contributed by atoms with E-state index in [0.717, 1.165) is 23.3 Å². The Balaban J connectivity index is 0.000000536. The molecule has 0 radical (unpaired) electrons. The number of ether oxygens (including phenoxy) is 1. The summed E-state index contributed by atoms with van der Waals surface area (Å²) < 4.78 is 4.43. The first-order chi connectivity index (χ1) is 18.5. The normalized spacial score (nSPS) is 19.0. The van der Waals surface area contributed by atoms with Crippen LogP contribution in [0.4, 0.5) is 5.13 Å². The van der Waals surface area contributed by atoms with E-state index < -0.39 is 41.8 Å². The fourth-order valence-electron chi connectivity index (χ4n) is 4.24. The molecule has 2 aliphatic heterocycles. The van der Waals surface area contributed by atoms with Crippen molar-refractivity contribution in [2.24, 2.45) is 10.6 Å². The van der Waals surface area contributed by atoms with Gasteiger partial charge in [0.05, 0.1) is 24.3 Å². The van der Waals surface area contributed by atoms with Gasteiger partial charge in [-0.2, -0.15) is 0 Å². The number of β-lactam (4-membered cyclic amide) rings is 1. The molecule has 0 aromatic carbocycles. The smallest absolute Gasteiger partial charge is 0.346 e. The van der Waals surface area contributed by atoms with Crippen LogP contribution >= 0.6 is 23.1 Å². The number of anilines is 1. The molecule has 6 N–H and O–H groups in total. The van der Waals surface area contributed by atoms with Crippen LogP contribution in [0.3, 0.4) is 0 Å². The van der Waals surface area contributed by atoms with Crippen molar-refractivity contribution < 1.29 is 39.6 Å². The van der Waals surface area contributed by atoms with Gasteiger partial charge in [-0.15, -0.1) is 23.1 Å². The van der Waals surface area contributed by atoms with E-state index in [-0.39, 0.29) is 33.5 Å². The van der Waals surface area contributed by atoms with E-state index in [1.165, 1.54) is 29.6 Å².